The van der Waals surface area contributed by atoms with Crippen molar-refractivity contribution in [3.63, 3.8) is 0 Å². The SMILES string of the molecule is CC(C)(C)CC(=O)Nc1ccc(C(C)(C)C)s1. The van der Waals surface area contributed by atoms with Crippen molar-refractivity contribution in [2.75, 3.05) is 5.32 Å². The van der Waals surface area contributed by atoms with E-state index in [2.05, 4.69) is 52.9 Å². The molecule has 17 heavy (non-hydrogen) atoms. The van der Waals surface area contributed by atoms with Crippen molar-refractivity contribution in [1.82, 2.24) is 0 Å². The van der Waals surface area contributed by atoms with Gasteiger partial charge >= 0.3 is 0 Å². The molecule has 0 aliphatic carbocycles. The van der Waals surface area contributed by atoms with E-state index in [0.29, 0.717) is 6.42 Å². The Hall–Kier alpha value is -0.830. The fraction of sp³-hybridized carbons (Fsp3) is 0.643. The first kappa shape index (κ1) is 14.2. The van der Waals surface area contributed by atoms with Crippen LogP contribution in [-0.2, 0) is 10.2 Å². The molecule has 0 atom stereocenters. The summed E-state index contributed by atoms with van der Waals surface area (Å²) in [5.41, 5.74) is 0.186. The minimum atomic E-state index is 0.0359. The Morgan fingerprint density at radius 1 is 1.18 bits per heavy atom. The second-order valence-corrected chi connectivity index (χ2v) is 7.78. The fourth-order valence-electron chi connectivity index (χ4n) is 1.47. The van der Waals surface area contributed by atoms with Gasteiger partial charge in [0.25, 0.3) is 0 Å². The smallest absolute Gasteiger partial charge is 0.225 e. The Bertz CT molecular complexity index is 393. The van der Waals surface area contributed by atoms with E-state index in [1.165, 1.54) is 4.88 Å². The average Bonchev–Trinajstić information content (AvgIpc) is 2.47. The fourth-order valence-corrected chi connectivity index (χ4v) is 2.45. The molecule has 0 saturated heterocycles. The molecule has 1 aromatic heterocycles. The molecule has 96 valence electrons. The lowest BCUT2D eigenvalue weighted by Gasteiger charge is -2.17. The third kappa shape index (κ3) is 4.90. The molecule has 0 bridgehead atoms. The largest absolute Gasteiger partial charge is 0.318 e. The molecular weight excluding hydrogens is 230 g/mol. The van der Waals surface area contributed by atoms with Crippen molar-refractivity contribution in [2.45, 2.75) is 53.4 Å². The van der Waals surface area contributed by atoms with Crippen LogP contribution in [0.25, 0.3) is 0 Å². The molecule has 1 amide bonds. The molecule has 1 heterocycles. The zero-order chi connectivity index (χ0) is 13.3. The summed E-state index contributed by atoms with van der Waals surface area (Å²) in [5.74, 6) is 0.0970. The molecule has 0 radical (unpaired) electrons. The number of carbonyl (C=O) groups is 1. The molecule has 0 aliphatic heterocycles. The normalized spacial score (nSPS) is 12.6. The number of amides is 1. The first-order chi connectivity index (χ1) is 7.58. The topological polar surface area (TPSA) is 29.1 Å². The second kappa shape index (κ2) is 4.81. The maximum Gasteiger partial charge on any atom is 0.225 e. The zero-order valence-electron chi connectivity index (χ0n) is 11.7. The van der Waals surface area contributed by atoms with E-state index in [1.54, 1.807) is 11.3 Å². The van der Waals surface area contributed by atoms with Gasteiger partial charge in [0, 0.05) is 11.3 Å². The molecule has 2 nitrogen and oxygen atoms in total. The van der Waals surface area contributed by atoms with Gasteiger partial charge in [-0.05, 0) is 23.0 Å². The van der Waals surface area contributed by atoms with Crippen LogP contribution in [0.15, 0.2) is 12.1 Å². The summed E-state index contributed by atoms with van der Waals surface area (Å²) in [7, 11) is 0. The lowest BCUT2D eigenvalue weighted by Crippen LogP contribution is -2.19. The van der Waals surface area contributed by atoms with E-state index < -0.39 is 0 Å². The van der Waals surface area contributed by atoms with Gasteiger partial charge in [-0.3, -0.25) is 4.79 Å². The molecule has 1 rings (SSSR count). The van der Waals surface area contributed by atoms with E-state index in [-0.39, 0.29) is 16.7 Å². The Balaban J connectivity index is 2.65. The summed E-state index contributed by atoms with van der Waals surface area (Å²) in [5, 5.41) is 3.92. The van der Waals surface area contributed by atoms with Crippen molar-refractivity contribution < 1.29 is 4.79 Å². The molecule has 0 saturated carbocycles. The Kier molecular flexibility index (Phi) is 4.03. The van der Waals surface area contributed by atoms with Crippen molar-refractivity contribution in [1.29, 1.82) is 0 Å². The van der Waals surface area contributed by atoms with Gasteiger partial charge in [-0.15, -0.1) is 11.3 Å². The van der Waals surface area contributed by atoms with Crippen LogP contribution in [0.4, 0.5) is 5.00 Å². The molecule has 0 fully saturated rings. The molecule has 1 N–H and O–H groups in total. The van der Waals surface area contributed by atoms with Gasteiger partial charge in [0.1, 0.15) is 0 Å². The highest BCUT2D eigenvalue weighted by atomic mass is 32.1. The molecule has 0 unspecified atom stereocenters. The lowest BCUT2D eigenvalue weighted by atomic mass is 9.92. The molecule has 0 spiro atoms. The van der Waals surface area contributed by atoms with Gasteiger partial charge in [-0.2, -0.15) is 0 Å². The maximum atomic E-state index is 11.8. The molecular formula is C14H23NOS. The number of thiophene rings is 1. The third-order valence-electron chi connectivity index (χ3n) is 2.30. The van der Waals surface area contributed by atoms with Gasteiger partial charge in [-0.25, -0.2) is 0 Å². The van der Waals surface area contributed by atoms with Crippen LogP contribution in [-0.4, -0.2) is 5.91 Å². The van der Waals surface area contributed by atoms with Gasteiger partial charge in [0.15, 0.2) is 0 Å². The predicted octanol–water partition coefficient (Wildman–Crippen LogP) is 4.42. The second-order valence-electron chi connectivity index (χ2n) is 6.70. The number of hydrogen-bond acceptors (Lipinski definition) is 2. The van der Waals surface area contributed by atoms with Crippen LogP contribution in [0.2, 0.25) is 0 Å². The highest BCUT2D eigenvalue weighted by Crippen LogP contribution is 2.32. The average molecular weight is 253 g/mol. The van der Waals surface area contributed by atoms with E-state index in [4.69, 9.17) is 0 Å². The number of anilines is 1. The van der Waals surface area contributed by atoms with Crippen molar-refractivity contribution in [2.24, 2.45) is 5.41 Å². The van der Waals surface area contributed by atoms with Crippen LogP contribution in [0.3, 0.4) is 0 Å². The molecule has 0 aliphatic rings. The van der Waals surface area contributed by atoms with Gasteiger partial charge in [0.05, 0.1) is 5.00 Å². The standard InChI is InChI=1S/C14H23NOS/c1-13(2,3)9-11(16)15-12-8-7-10(17-12)14(4,5)6/h7-8H,9H2,1-6H3,(H,15,16). The molecule has 0 aromatic carbocycles. The van der Waals surface area contributed by atoms with Gasteiger partial charge in [0.2, 0.25) is 5.91 Å². The number of rotatable bonds is 2. The first-order valence-electron chi connectivity index (χ1n) is 5.98. The first-order valence-corrected chi connectivity index (χ1v) is 6.80. The van der Waals surface area contributed by atoms with E-state index in [1.807, 2.05) is 6.07 Å². The van der Waals surface area contributed by atoms with Crippen LogP contribution in [0.1, 0.15) is 52.8 Å². The lowest BCUT2D eigenvalue weighted by molar-refractivity contribution is -0.117. The highest BCUT2D eigenvalue weighted by molar-refractivity contribution is 7.16. The molecule has 3 heteroatoms. The quantitative estimate of drug-likeness (QED) is 0.830. The summed E-state index contributed by atoms with van der Waals surface area (Å²) in [6, 6.07) is 4.09. The van der Waals surface area contributed by atoms with Gasteiger partial charge < -0.3 is 5.32 Å². The number of hydrogen-bond donors (Lipinski definition) is 1. The highest BCUT2D eigenvalue weighted by Gasteiger charge is 2.19. The summed E-state index contributed by atoms with van der Waals surface area (Å²) in [6.07, 6.45) is 0.551. The summed E-state index contributed by atoms with van der Waals surface area (Å²) in [4.78, 5) is 13.1. The van der Waals surface area contributed by atoms with Crippen LogP contribution in [0, 0.1) is 5.41 Å². The van der Waals surface area contributed by atoms with Crippen LogP contribution >= 0.6 is 11.3 Å². The Morgan fingerprint density at radius 2 is 1.76 bits per heavy atom. The predicted molar refractivity (Wildman–Crippen MR) is 75.7 cm³/mol. The van der Waals surface area contributed by atoms with E-state index >= 15 is 0 Å². The zero-order valence-corrected chi connectivity index (χ0v) is 12.5. The van der Waals surface area contributed by atoms with Gasteiger partial charge in [-0.1, -0.05) is 41.5 Å². The van der Waals surface area contributed by atoms with Crippen molar-refractivity contribution in [3.05, 3.63) is 17.0 Å². The minimum Gasteiger partial charge on any atom is -0.318 e. The van der Waals surface area contributed by atoms with E-state index in [9.17, 15) is 4.79 Å². The van der Waals surface area contributed by atoms with Crippen molar-refractivity contribution in [3.8, 4) is 0 Å². The number of nitrogens with one attached hydrogen (secondary N) is 1. The Labute approximate surface area is 108 Å². The number of carbonyl (C=O) groups excluding carboxylic acids is 1. The van der Waals surface area contributed by atoms with E-state index in [0.717, 1.165) is 5.00 Å². The third-order valence-corrected chi connectivity index (χ3v) is 3.73. The van der Waals surface area contributed by atoms with Crippen LogP contribution in [0.5, 0.6) is 0 Å². The molecule has 1 aromatic rings. The summed E-state index contributed by atoms with van der Waals surface area (Å²) >= 11 is 1.66. The minimum absolute atomic E-state index is 0.0359. The summed E-state index contributed by atoms with van der Waals surface area (Å²) in [6.45, 7) is 12.8. The monoisotopic (exact) mass is 253 g/mol. The Morgan fingerprint density at radius 3 is 2.18 bits per heavy atom. The summed E-state index contributed by atoms with van der Waals surface area (Å²) < 4.78 is 0. The van der Waals surface area contributed by atoms with Crippen LogP contribution < -0.4 is 5.32 Å². The van der Waals surface area contributed by atoms with Crippen molar-refractivity contribution >= 4 is 22.2 Å². The maximum absolute atomic E-state index is 11.8.